The molecule has 2 aromatic carbocycles. The molecule has 5 nitrogen and oxygen atoms in total. The number of ketones is 1. The summed E-state index contributed by atoms with van der Waals surface area (Å²) >= 11 is 0. The third-order valence-electron chi connectivity index (χ3n) is 7.32. The molecular formula is C29H29F3O5. The number of ether oxygens (including phenoxy) is 3. The molecule has 3 heterocycles. The Labute approximate surface area is 213 Å². The zero-order valence-electron chi connectivity index (χ0n) is 20.8. The summed E-state index contributed by atoms with van der Waals surface area (Å²) in [6.07, 6.45) is -2.80. The minimum atomic E-state index is -4.54. The smallest absolute Gasteiger partial charge is 0.449 e. The molecule has 3 aromatic rings. The van der Waals surface area contributed by atoms with Gasteiger partial charge in [0.15, 0.2) is 17.3 Å². The topological polar surface area (TPSA) is 57.9 Å². The van der Waals surface area contributed by atoms with Crippen molar-refractivity contribution < 1.29 is 36.6 Å². The van der Waals surface area contributed by atoms with Gasteiger partial charge in [-0.15, -0.1) is 0 Å². The van der Waals surface area contributed by atoms with Gasteiger partial charge in [0, 0.05) is 30.9 Å². The summed E-state index contributed by atoms with van der Waals surface area (Å²) in [6, 6.07) is 13.7. The van der Waals surface area contributed by atoms with Crippen LogP contribution in [-0.4, -0.2) is 25.6 Å². The van der Waals surface area contributed by atoms with Crippen LogP contribution in [-0.2, 0) is 22.8 Å². The van der Waals surface area contributed by atoms with Gasteiger partial charge in [-0.2, -0.15) is 13.2 Å². The molecule has 0 fully saturated rings. The predicted octanol–water partition coefficient (Wildman–Crippen LogP) is 6.67. The first-order valence-corrected chi connectivity index (χ1v) is 12.5. The monoisotopic (exact) mass is 514 g/mol. The molecule has 2 atom stereocenters. The number of hydrogen-bond donors (Lipinski definition) is 0. The van der Waals surface area contributed by atoms with E-state index in [1.54, 1.807) is 6.07 Å². The molecule has 8 heteroatoms. The minimum absolute atomic E-state index is 0.0514. The van der Waals surface area contributed by atoms with Crippen molar-refractivity contribution in [1.82, 2.24) is 0 Å². The van der Waals surface area contributed by atoms with Gasteiger partial charge in [0.2, 0.25) is 5.76 Å². The number of rotatable bonds is 7. The van der Waals surface area contributed by atoms with Crippen LogP contribution in [0.1, 0.15) is 54.4 Å². The number of halogens is 3. The first-order chi connectivity index (χ1) is 17.7. The lowest BCUT2D eigenvalue weighted by atomic mass is 9.69. The number of carbonyl (C=O) groups excluding carboxylic acids is 1. The molecule has 5 rings (SSSR count). The van der Waals surface area contributed by atoms with E-state index < -0.39 is 17.4 Å². The Hall–Kier alpha value is -3.42. The van der Waals surface area contributed by atoms with Gasteiger partial charge < -0.3 is 18.6 Å². The first kappa shape index (κ1) is 25.2. The second kappa shape index (κ2) is 9.80. The Kier molecular flexibility index (Phi) is 6.68. The highest BCUT2D eigenvalue weighted by atomic mass is 19.4. The maximum Gasteiger partial charge on any atom is 0.449 e. The van der Waals surface area contributed by atoms with Gasteiger partial charge in [-0.1, -0.05) is 37.6 Å². The Balaban J connectivity index is 1.51. The molecule has 0 saturated carbocycles. The van der Waals surface area contributed by atoms with Crippen molar-refractivity contribution >= 4 is 5.78 Å². The van der Waals surface area contributed by atoms with Crippen LogP contribution in [0.3, 0.4) is 0 Å². The van der Waals surface area contributed by atoms with Crippen molar-refractivity contribution in [2.24, 2.45) is 5.92 Å². The summed E-state index contributed by atoms with van der Waals surface area (Å²) in [5, 5.41) is 0. The summed E-state index contributed by atoms with van der Waals surface area (Å²) in [5.41, 5.74) is 1.45. The minimum Gasteiger partial charge on any atom is -0.491 e. The van der Waals surface area contributed by atoms with E-state index in [9.17, 15) is 18.0 Å². The zero-order valence-corrected chi connectivity index (χ0v) is 20.8. The number of fused-ring (bicyclic) bond motifs is 2. The summed E-state index contributed by atoms with van der Waals surface area (Å²) in [4.78, 5) is 14.3. The second-order valence-electron chi connectivity index (χ2n) is 9.72. The molecule has 1 aromatic heterocycles. The Bertz CT molecular complexity index is 1290. The molecule has 37 heavy (non-hydrogen) atoms. The summed E-state index contributed by atoms with van der Waals surface area (Å²) in [6.45, 7) is 5.07. The highest BCUT2D eigenvalue weighted by Crippen LogP contribution is 2.50. The molecular weight excluding hydrogens is 485 g/mol. The maximum atomic E-state index is 14.3. The molecule has 0 saturated heterocycles. The lowest BCUT2D eigenvalue weighted by molar-refractivity contribution is -0.153. The Morgan fingerprint density at radius 1 is 0.973 bits per heavy atom. The van der Waals surface area contributed by atoms with Crippen LogP contribution in [0.25, 0.3) is 0 Å². The van der Waals surface area contributed by atoms with Crippen molar-refractivity contribution in [3.8, 4) is 17.2 Å². The van der Waals surface area contributed by atoms with Gasteiger partial charge in [0.1, 0.15) is 23.5 Å². The molecule has 0 amide bonds. The van der Waals surface area contributed by atoms with Crippen LogP contribution >= 0.6 is 0 Å². The lowest BCUT2D eigenvalue weighted by Gasteiger charge is -2.30. The summed E-state index contributed by atoms with van der Waals surface area (Å²) in [7, 11) is 0. The molecule has 2 aliphatic rings. The Morgan fingerprint density at radius 3 is 2.38 bits per heavy atom. The van der Waals surface area contributed by atoms with Crippen LogP contribution in [0.15, 0.2) is 52.9 Å². The molecule has 0 aliphatic carbocycles. The average Bonchev–Trinajstić information content (AvgIpc) is 3.42. The van der Waals surface area contributed by atoms with Gasteiger partial charge in [-0.3, -0.25) is 4.79 Å². The van der Waals surface area contributed by atoms with Crippen molar-refractivity contribution in [1.29, 1.82) is 0 Å². The van der Waals surface area contributed by atoms with E-state index in [0.717, 1.165) is 29.2 Å². The number of aryl methyl sites for hydroxylation is 1. The fourth-order valence-electron chi connectivity index (χ4n) is 5.28. The van der Waals surface area contributed by atoms with Gasteiger partial charge in [-0.05, 0) is 42.2 Å². The van der Waals surface area contributed by atoms with E-state index in [4.69, 9.17) is 18.6 Å². The van der Waals surface area contributed by atoms with E-state index in [-0.39, 0.29) is 36.9 Å². The molecule has 196 valence electrons. The van der Waals surface area contributed by atoms with Crippen molar-refractivity contribution in [3.63, 3.8) is 0 Å². The van der Waals surface area contributed by atoms with Crippen molar-refractivity contribution in [2.45, 2.75) is 51.1 Å². The van der Waals surface area contributed by atoms with Crippen LogP contribution in [0.5, 0.6) is 17.2 Å². The first-order valence-electron chi connectivity index (χ1n) is 12.5. The van der Waals surface area contributed by atoms with E-state index in [1.807, 2.05) is 44.2 Å². The van der Waals surface area contributed by atoms with E-state index >= 15 is 0 Å². The Morgan fingerprint density at radius 2 is 1.70 bits per heavy atom. The standard InChI is InChI=1S/C29H29F3O5/c1-3-19(13-20-9-10-27(37-20)29(30,31)32)14-26(33)28(21-8-5-4-7-18(21)2)17-36-23-16-25-24(15-22(23)28)34-11-6-12-35-25/h4-5,7-10,15-16,19H,3,6,11-14,17H2,1-2H3. The van der Waals surface area contributed by atoms with E-state index in [2.05, 4.69) is 0 Å². The van der Waals surface area contributed by atoms with Crippen LogP contribution in [0, 0.1) is 12.8 Å². The number of Topliss-reactive ketones (excluding diaryl/α,β-unsaturated/α-hetero) is 1. The largest absolute Gasteiger partial charge is 0.491 e. The maximum absolute atomic E-state index is 14.3. The normalized spacial score (nSPS) is 19.6. The SMILES string of the molecule is CCC(CC(=O)C1(c2ccccc2C)COc2cc3c(cc21)OCCCO3)Cc1ccc(C(F)(F)F)o1. The number of carbonyl (C=O) groups is 1. The van der Waals surface area contributed by atoms with Crippen LogP contribution < -0.4 is 14.2 Å². The molecule has 2 aliphatic heterocycles. The molecule has 0 radical (unpaired) electrons. The fraction of sp³-hybridized carbons (Fsp3) is 0.414. The highest BCUT2D eigenvalue weighted by molar-refractivity contribution is 5.96. The third kappa shape index (κ3) is 4.69. The number of alkyl halides is 3. The quantitative estimate of drug-likeness (QED) is 0.352. The van der Waals surface area contributed by atoms with Gasteiger partial charge in [0.25, 0.3) is 0 Å². The number of furan rings is 1. The van der Waals surface area contributed by atoms with E-state index in [0.29, 0.717) is 36.9 Å². The molecule has 2 unspecified atom stereocenters. The van der Waals surface area contributed by atoms with Crippen molar-refractivity contribution in [3.05, 3.63) is 76.7 Å². The average molecular weight is 515 g/mol. The van der Waals surface area contributed by atoms with Crippen LogP contribution in [0.4, 0.5) is 13.2 Å². The van der Waals surface area contributed by atoms with Gasteiger partial charge in [0.05, 0.1) is 13.2 Å². The molecule has 0 bridgehead atoms. The predicted molar refractivity (Wildman–Crippen MR) is 130 cm³/mol. The zero-order chi connectivity index (χ0) is 26.2. The second-order valence-corrected chi connectivity index (χ2v) is 9.72. The van der Waals surface area contributed by atoms with Gasteiger partial charge in [-0.25, -0.2) is 0 Å². The molecule has 0 N–H and O–H groups in total. The van der Waals surface area contributed by atoms with Crippen LogP contribution in [0.2, 0.25) is 0 Å². The van der Waals surface area contributed by atoms with Gasteiger partial charge >= 0.3 is 6.18 Å². The number of hydrogen-bond acceptors (Lipinski definition) is 5. The molecule has 0 spiro atoms. The van der Waals surface area contributed by atoms with E-state index in [1.165, 1.54) is 6.07 Å². The third-order valence-corrected chi connectivity index (χ3v) is 7.32. The van der Waals surface area contributed by atoms with Crippen molar-refractivity contribution in [2.75, 3.05) is 19.8 Å². The fourth-order valence-corrected chi connectivity index (χ4v) is 5.28. The lowest BCUT2D eigenvalue weighted by Crippen LogP contribution is -2.40. The summed E-state index contributed by atoms with van der Waals surface area (Å²) in [5.74, 6) is 0.685. The highest BCUT2D eigenvalue weighted by Gasteiger charge is 2.50. The number of benzene rings is 2. The summed E-state index contributed by atoms with van der Waals surface area (Å²) < 4.78 is 62.0.